The molecule has 1 heterocycles. The largest absolute Gasteiger partial charge is 0.433 e. The highest BCUT2D eigenvalue weighted by Crippen LogP contribution is 2.48. The number of pyridine rings is 1. The lowest BCUT2D eigenvalue weighted by Gasteiger charge is -2.20. The van der Waals surface area contributed by atoms with Gasteiger partial charge < -0.3 is 0 Å². The molecule has 50 heavy (non-hydrogen) atoms. The van der Waals surface area contributed by atoms with Crippen LogP contribution in [0, 0.1) is 0 Å². The second-order valence-corrected chi connectivity index (χ2v) is 12.5. The van der Waals surface area contributed by atoms with Gasteiger partial charge in [0.1, 0.15) is 5.69 Å². The molecule has 0 saturated heterocycles. The zero-order valence-corrected chi connectivity index (χ0v) is 26.0. The molecular formula is C43H23F6N. The number of fused-ring (bicyclic) bond motifs is 2. The summed E-state index contributed by atoms with van der Waals surface area (Å²) in [4.78, 5) is 3.72. The van der Waals surface area contributed by atoms with Crippen LogP contribution in [0.4, 0.5) is 26.3 Å². The second kappa shape index (κ2) is 10.8. The Balaban J connectivity index is 1.32. The summed E-state index contributed by atoms with van der Waals surface area (Å²) in [7, 11) is 0. The molecule has 0 atom stereocenters. The minimum absolute atomic E-state index is 0.590. The third-order valence-corrected chi connectivity index (χ3v) is 9.73. The van der Waals surface area contributed by atoms with Crippen LogP contribution in [0.1, 0.15) is 11.3 Å². The summed E-state index contributed by atoms with van der Waals surface area (Å²) in [6.07, 6.45) is -7.68. The van der Waals surface area contributed by atoms with Crippen LogP contribution < -0.4 is 0 Å². The van der Waals surface area contributed by atoms with Crippen LogP contribution in [0.3, 0.4) is 0 Å². The number of hydrogen-bond acceptors (Lipinski definition) is 1. The number of alkyl halides is 6. The Morgan fingerprint density at radius 2 is 0.860 bits per heavy atom. The molecule has 8 aromatic carbocycles. The Labute approximate surface area is 281 Å². The average molecular weight is 668 g/mol. The van der Waals surface area contributed by atoms with E-state index < -0.39 is 23.6 Å². The van der Waals surface area contributed by atoms with Gasteiger partial charge in [0, 0.05) is 11.8 Å². The summed E-state index contributed by atoms with van der Waals surface area (Å²) in [5.74, 6) is 0. The summed E-state index contributed by atoms with van der Waals surface area (Å²) >= 11 is 0. The highest BCUT2D eigenvalue weighted by molar-refractivity contribution is 6.30. The van der Waals surface area contributed by atoms with Crippen molar-refractivity contribution in [3.8, 4) is 33.4 Å². The first-order valence-corrected chi connectivity index (χ1v) is 15.9. The van der Waals surface area contributed by atoms with Gasteiger partial charge >= 0.3 is 12.4 Å². The van der Waals surface area contributed by atoms with Crippen LogP contribution in [0.25, 0.3) is 87.2 Å². The number of halogens is 6. The Hall–Kier alpha value is -5.95. The van der Waals surface area contributed by atoms with E-state index >= 15 is 0 Å². The molecule has 1 nitrogen and oxygen atoms in total. The molecule has 0 fully saturated rings. The molecular weight excluding hydrogens is 644 g/mol. The molecule has 0 N–H and O–H groups in total. The molecule has 1 aromatic heterocycles. The van der Waals surface area contributed by atoms with E-state index in [2.05, 4.69) is 41.4 Å². The summed E-state index contributed by atoms with van der Waals surface area (Å²) < 4.78 is 80.3. The van der Waals surface area contributed by atoms with Gasteiger partial charge in [-0.1, -0.05) is 115 Å². The lowest BCUT2D eigenvalue weighted by Crippen LogP contribution is -2.07. The van der Waals surface area contributed by atoms with Crippen molar-refractivity contribution in [1.29, 1.82) is 0 Å². The highest BCUT2D eigenvalue weighted by atomic mass is 19.4. The van der Waals surface area contributed by atoms with Gasteiger partial charge in [0.15, 0.2) is 0 Å². The lowest BCUT2D eigenvalue weighted by atomic mass is 9.83. The topological polar surface area (TPSA) is 12.9 Å². The van der Waals surface area contributed by atoms with E-state index in [9.17, 15) is 26.3 Å². The Kier molecular flexibility index (Phi) is 6.49. The van der Waals surface area contributed by atoms with Gasteiger partial charge in [0.2, 0.25) is 0 Å². The number of nitrogens with zero attached hydrogens (tertiary/aromatic N) is 1. The third-order valence-electron chi connectivity index (χ3n) is 9.73. The maximum absolute atomic E-state index is 13.5. The summed E-state index contributed by atoms with van der Waals surface area (Å²) in [5, 5.41) is 9.78. The van der Waals surface area contributed by atoms with Crippen molar-refractivity contribution < 1.29 is 26.3 Å². The second-order valence-electron chi connectivity index (χ2n) is 12.5. The molecule has 0 saturated carbocycles. The van der Waals surface area contributed by atoms with E-state index in [1.165, 1.54) is 24.4 Å². The number of hydrogen-bond donors (Lipinski definition) is 0. The van der Waals surface area contributed by atoms with E-state index in [0.717, 1.165) is 94.3 Å². The van der Waals surface area contributed by atoms with Crippen molar-refractivity contribution in [2.45, 2.75) is 12.4 Å². The van der Waals surface area contributed by atoms with E-state index in [4.69, 9.17) is 0 Å². The smallest absolute Gasteiger partial charge is 0.251 e. The highest BCUT2D eigenvalue weighted by Gasteiger charge is 2.32. The first-order chi connectivity index (χ1) is 24.1. The SMILES string of the molecule is FC(F)(F)c1ccc(-c2c3ccccc3c(-c3ccc4ccc5c(-c6ccc(C(F)(F)F)nc6)ccc6ccc3c4c65)c3ccccc23)cc1. The van der Waals surface area contributed by atoms with Crippen LogP contribution in [0.15, 0.2) is 140 Å². The molecule has 0 aliphatic heterocycles. The number of aromatic nitrogens is 1. The number of benzene rings is 8. The maximum atomic E-state index is 13.5. The number of rotatable bonds is 3. The van der Waals surface area contributed by atoms with Crippen LogP contribution in [-0.2, 0) is 12.4 Å². The van der Waals surface area contributed by atoms with Crippen LogP contribution in [0.5, 0.6) is 0 Å². The van der Waals surface area contributed by atoms with Gasteiger partial charge in [-0.2, -0.15) is 26.3 Å². The van der Waals surface area contributed by atoms with Crippen LogP contribution >= 0.6 is 0 Å². The molecule has 9 aromatic rings. The van der Waals surface area contributed by atoms with E-state index in [1.54, 1.807) is 0 Å². The fourth-order valence-electron chi connectivity index (χ4n) is 7.55. The quantitative estimate of drug-likeness (QED) is 0.104. The van der Waals surface area contributed by atoms with Crippen molar-refractivity contribution in [2.24, 2.45) is 0 Å². The normalized spacial score (nSPS) is 12.6. The van der Waals surface area contributed by atoms with Gasteiger partial charge in [0.25, 0.3) is 0 Å². The van der Waals surface area contributed by atoms with Crippen molar-refractivity contribution in [3.05, 3.63) is 151 Å². The van der Waals surface area contributed by atoms with Crippen LogP contribution in [-0.4, -0.2) is 4.98 Å². The Morgan fingerprint density at radius 3 is 1.36 bits per heavy atom. The molecule has 0 amide bonds. The molecule has 242 valence electrons. The fraction of sp³-hybridized carbons (Fsp3) is 0.0465. The molecule has 7 heteroatoms. The predicted molar refractivity (Wildman–Crippen MR) is 189 cm³/mol. The minimum Gasteiger partial charge on any atom is -0.251 e. The Bertz CT molecular complexity index is 2700. The molecule has 9 rings (SSSR count). The van der Waals surface area contributed by atoms with E-state index in [1.807, 2.05) is 60.7 Å². The molecule has 0 aliphatic carbocycles. The Morgan fingerprint density at radius 1 is 0.380 bits per heavy atom. The molecule has 0 bridgehead atoms. The monoisotopic (exact) mass is 667 g/mol. The van der Waals surface area contributed by atoms with Crippen molar-refractivity contribution in [3.63, 3.8) is 0 Å². The van der Waals surface area contributed by atoms with Crippen molar-refractivity contribution in [2.75, 3.05) is 0 Å². The summed E-state index contributed by atoms with van der Waals surface area (Å²) in [6.45, 7) is 0. The lowest BCUT2D eigenvalue weighted by molar-refractivity contribution is -0.141. The van der Waals surface area contributed by atoms with Gasteiger partial charge in [-0.05, 0) is 99.9 Å². The standard InChI is InChI=1S/C43H23F6N/c44-42(45,46)28-16-9-24(10-17-28)38-30-5-1-3-7-32(30)41(33-8-4-2-6-31(33)38)36-21-14-26-12-19-34-29(27-15-22-37(50-23-27)43(47,48)49)18-11-25-13-20-35(36)40(26)39(25)34/h1-23H. The molecule has 0 unspecified atom stereocenters. The summed E-state index contributed by atoms with van der Waals surface area (Å²) in [6, 6.07) is 40.1. The minimum atomic E-state index is -4.53. The van der Waals surface area contributed by atoms with Gasteiger partial charge in [-0.3, -0.25) is 4.98 Å². The van der Waals surface area contributed by atoms with Gasteiger partial charge in [-0.25, -0.2) is 0 Å². The third kappa shape index (κ3) is 4.60. The zero-order valence-electron chi connectivity index (χ0n) is 26.0. The maximum Gasteiger partial charge on any atom is 0.433 e. The van der Waals surface area contributed by atoms with Crippen LogP contribution in [0.2, 0.25) is 0 Å². The van der Waals surface area contributed by atoms with E-state index in [-0.39, 0.29) is 0 Å². The fourth-order valence-corrected chi connectivity index (χ4v) is 7.55. The molecule has 0 aliphatic rings. The molecule has 0 spiro atoms. The van der Waals surface area contributed by atoms with Crippen molar-refractivity contribution in [1.82, 2.24) is 4.98 Å². The summed E-state index contributed by atoms with van der Waals surface area (Å²) in [5.41, 5.74) is 3.31. The predicted octanol–water partition coefficient (Wildman–Crippen LogP) is 13.3. The van der Waals surface area contributed by atoms with Gasteiger partial charge in [0.05, 0.1) is 5.56 Å². The van der Waals surface area contributed by atoms with Crippen molar-refractivity contribution >= 4 is 53.9 Å². The first kappa shape index (κ1) is 30.1. The average Bonchev–Trinajstić information content (AvgIpc) is 3.12. The van der Waals surface area contributed by atoms with E-state index in [0.29, 0.717) is 11.1 Å². The van der Waals surface area contributed by atoms with Gasteiger partial charge in [-0.15, -0.1) is 0 Å². The first-order valence-electron chi connectivity index (χ1n) is 15.9. The zero-order chi connectivity index (χ0) is 34.4. The molecule has 0 radical (unpaired) electrons.